The summed E-state index contributed by atoms with van der Waals surface area (Å²) in [6.45, 7) is 9.40. The van der Waals surface area contributed by atoms with Crippen LogP contribution in [0.15, 0.2) is 0 Å². The van der Waals surface area contributed by atoms with Crippen LogP contribution in [0.2, 0.25) is 0 Å². The predicted octanol–water partition coefficient (Wildman–Crippen LogP) is 2.60. The van der Waals surface area contributed by atoms with Crippen LogP contribution < -0.4 is 5.73 Å². The second-order valence-corrected chi connectivity index (χ2v) is 6.11. The first-order chi connectivity index (χ1) is 8.88. The second kappa shape index (κ2) is 10.2. The molecule has 0 bridgehead atoms. The molecular formula is C15H31NO3. The molecule has 0 aliphatic rings. The maximum Gasteiger partial charge on any atom is 0.306 e. The fraction of sp³-hybridized carbons (Fsp3) is 0.933. The van der Waals surface area contributed by atoms with E-state index in [1.54, 1.807) is 7.11 Å². The SMILES string of the molecule is COC(COC(=O)C[C@@H](CN)CC(C)C)CC(C)C. The molecule has 0 aromatic carbocycles. The van der Waals surface area contributed by atoms with E-state index >= 15 is 0 Å². The van der Waals surface area contributed by atoms with Crippen molar-refractivity contribution in [2.75, 3.05) is 20.3 Å². The minimum Gasteiger partial charge on any atom is -0.463 e. The first-order valence-corrected chi connectivity index (χ1v) is 7.27. The molecule has 0 saturated heterocycles. The fourth-order valence-corrected chi connectivity index (χ4v) is 2.17. The zero-order chi connectivity index (χ0) is 14.8. The summed E-state index contributed by atoms with van der Waals surface area (Å²) >= 11 is 0. The van der Waals surface area contributed by atoms with E-state index in [1.165, 1.54) is 0 Å². The van der Waals surface area contributed by atoms with Gasteiger partial charge in [-0.05, 0) is 37.1 Å². The summed E-state index contributed by atoms with van der Waals surface area (Å²) in [7, 11) is 1.66. The lowest BCUT2D eigenvalue weighted by Crippen LogP contribution is -2.25. The molecule has 4 heteroatoms. The number of rotatable bonds is 10. The Labute approximate surface area is 118 Å². The minimum absolute atomic E-state index is 0.00891. The van der Waals surface area contributed by atoms with Crippen molar-refractivity contribution in [3.05, 3.63) is 0 Å². The van der Waals surface area contributed by atoms with E-state index in [0.717, 1.165) is 12.8 Å². The summed E-state index contributed by atoms with van der Waals surface area (Å²) < 4.78 is 10.6. The van der Waals surface area contributed by atoms with Crippen LogP contribution in [-0.4, -0.2) is 32.3 Å². The second-order valence-electron chi connectivity index (χ2n) is 6.11. The Balaban J connectivity index is 4.01. The molecule has 0 heterocycles. The molecule has 0 rings (SSSR count). The van der Waals surface area contributed by atoms with Crippen LogP contribution in [0.3, 0.4) is 0 Å². The number of hydrogen-bond acceptors (Lipinski definition) is 4. The van der Waals surface area contributed by atoms with Crippen LogP contribution in [0, 0.1) is 17.8 Å². The van der Waals surface area contributed by atoms with Gasteiger partial charge < -0.3 is 15.2 Å². The van der Waals surface area contributed by atoms with Gasteiger partial charge in [-0.3, -0.25) is 4.79 Å². The first kappa shape index (κ1) is 18.4. The molecule has 2 N–H and O–H groups in total. The van der Waals surface area contributed by atoms with Crippen LogP contribution >= 0.6 is 0 Å². The monoisotopic (exact) mass is 273 g/mol. The average molecular weight is 273 g/mol. The Hall–Kier alpha value is -0.610. The molecule has 0 amide bonds. The van der Waals surface area contributed by atoms with Crippen LogP contribution in [-0.2, 0) is 14.3 Å². The smallest absolute Gasteiger partial charge is 0.306 e. The molecule has 4 nitrogen and oxygen atoms in total. The molecule has 0 spiro atoms. The Kier molecular flexibility index (Phi) is 9.88. The number of esters is 1. The minimum atomic E-state index is -0.165. The number of hydrogen-bond donors (Lipinski definition) is 1. The fourth-order valence-electron chi connectivity index (χ4n) is 2.17. The molecule has 0 saturated carbocycles. The van der Waals surface area contributed by atoms with Gasteiger partial charge in [0.2, 0.25) is 0 Å². The average Bonchev–Trinajstić information content (AvgIpc) is 2.32. The highest BCUT2D eigenvalue weighted by Crippen LogP contribution is 2.15. The Morgan fingerprint density at radius 3 is 2.11 bits per heavy atom. The molecule has 0 fully saturated rings. The van der Waals surface area contributed by atoms with Crippen molar-refractivity contribution >= 4 is 5.97 Å². The van der Waals surface area contributed by atoms with Gasteiger partial charge in [0.25, 0.3) is 0 Å². The summed E-state index contributed by atoms with van der Waals surface area (Å²) in [5.41, 5.74) is 5.68. The van der Waals surface area contributed by atoms with Gasteiger partial charge in [0.15, 0.2) is 0 Å². The topological polar surface area (TPSA) is 61.5 Å². The zero-order valence-corrected chi connectivity index (χ0v) is 13.1. The number of methoxy groups -OCH3 is 1. The molecule has 19 heavy (non-hydrogen) atoms. The Bertz CT molecular complexity index is 242. The van der Waals surface area contributed by atoms with Gasteiger partial charge in [-0.1, -0.05) is 27.7 Å². The van der Waals surface area contributed by atoms with Crippen molar-refractivity contribution in [2.45, 2.75) is 53.1 Å². The number of carbonyl (C=O) groups is 1. The van der Waals surface area contributed by atoms with Crippen LogP contribution in [0.25, 0.3) is 0 Å². The summed E-state index contributed by atoms with van der Waals surface area (Å²) in [6, 6.07) is 0. The van der Waals surface area contributed by atoms with E-state index in [-0.39, 0.29) is 18.0 Å². The third kappa shape index (κ3) is 9.91. The highest BCUT2D eigenvalue weighted by molar-refractivity contribution is 5.69. The zero-order valence-electron chi connectivity index (χ0n) is 13.1. The third-order valence-electron chi connectivity index (χ3n) is 3.09. The Morgan fingerprint density at radius 2 is 1.68 bits per heavy atom. The summed E-state index contributed by atoms with van der Waals surface area (Å²) in [4.78, 5) is 11.8. The number of ether oxygens (including phenoxy) is 2. The van der Waals surface area contributed by atoms with Gasteiger partial charge in [-0.25, -0.2) is 0 Å². The molecule has 1 unspecified atom stereocenters. The number of carbonyl (C=O) groups excluding carboxylic acids is 1. The van der Waals surface area contributed by atoms with E-state index in [2.05, 4.69) is 27.7 Å². The standard InChI is InChI=1S/C15H31NO3/c1-11(2)6-13(9-16)8-15(17)19-10-14(18-5)7-12(3)4/h11-14H,6-10,16H2,1-5H3/t13-,14?/m0/s1. The van der Waals surface area contributed by atoms with Crippen molar-refractivity contribution in [1.29, 1.82) is 0 Å². The molecule has 0 aliphatic heterocycles. The van der Waals surface area contributed by atoms with E-state index < -0.39 is 0 Å². The summed E-state index contributed by atoms with van der Waals surface area (Å²) in [6.07, 6.45) is 2.26. The third-order valence-corrected chi connectivity index (χ3v) is 3.09. The van der Waals surface area contributed by atoms with E-state index in [4.69, 9.17) is 15.2 Å². The predicted molar refractivity (Wildman–Crippen MR) is 77.8 cm³/mol. The van der Waals surface area contributed by atoms with Crippen molar-refractivity contribution in [3.63, 3.8) is 0 Å². The summed E-state index contributed by atoms with van der Waals surface area (Å²) in [5.74, 6) is 1.14. The molecule has 0 radical (unpaired) electrons. The lowest BCUT2D eigenvalue weighted by molar-refractivity contribution is -0.148. The van der Waals surface area contributed by atoms with Gasteiger partial charge in [0, 0.05) is 13.5 Å². The van der Waals surface area contributed by atoms with Crippen molar-refractivity contribution < 1.29 is 14.3 Å². The molecule has 2 atom stereocenters. The van der Waals surface area contributed by atoms with Crippen molar-refractivity contribution in [1.82, 2.24) is 0 Å². The van der Waals surface area contributed by atoms with Gasteiger partial charge in [0.1, 0.15) is 6.61 Å². The van der Waals surface area contributed by atoms with Gasteiger partial charge >= 0.3 is 5.97 Å². The largest absolute Gasteiger partial charge is 0.463 e. The highest BCUT2D eigenvalue weighted by atomic mass is 16.6. The molecule has 0 aromatic rings. The molecule has 114 valence electrons. The lowest BCUT2D eigenvalue weighted by Gasteiger charge is -2.19. The van der Waals surface area contributed by atoms with Crippen LogP contribution in [0.1, 0.15) is 47.0 Å². The lowest BCUT2D eigenvalue weighted by atomic mass is 9.94. The van der Waals surface area contributed by atoms with E-state index in [1.807, 2.05) is 0 Å². The maximum absolute atomic E-state index is 11.8. The van der Waals surface area contributed by atoms with Gasteiger partial charge in [-0.15, -0.1) is 0 Å². The van der Waals surface area contributed by atoms with Gasteiger partial charge in [0.05, 0.1) is 6.10 Å². The van der Waals surface area contributed by atoms with E-state index in [0.29, 0.717) is 31.4 Å². The highest BCUT2D eigenvalue weighted by Gasteiger charge is 2.17. The molecule has 0 aromatic heterocycles. The maximum atomic E-state index is 11.8. The van der Waals surface area contributed by atoms with Crippen LogP contribution in [0.4, 0.5) is 0 Å². The number of nitrogens with two attached hydrogens (primary N) is 1. The van der Waals surface area contributed by atoms with Crippen molar-refractivity contribution in [2.24, 2.45) is 23.5 Å². The summed E-state index contributed by atoms with van der Waals surface area (Å²) in [5, 5.41) is 0. The quantitative estimate of drug-likeness (QED) is 0.621. The molecule has 0 aliphatic carbocycles. The first-order valence-electron chi connectivity index (χ1n) is 7.27. The van der Waals surface area contributed by atoms with Crippen molar-refractivity contribution in [3.8, 4) is 0 Å². The molecular weight excluding hydrogens is 242 g/mol. The van der Waals surface area contributed by atoms with Crippen LogP contribution in [0.5, 0.6) is 0 Å². The van der Waals surface area contributed by atoms with Gasteiger partial charge in [-0.2, -0.15) is 0 Å². The van der Waals surface area contributed by atoms with E-state index in [9.17, 15) is 4.79 Å². The Morgan fingerprint density at radius 1 is 1.11 bits per heavy atom. The normalized spacial score (nSPS) is 14.7.